The first-order valence-corrected chi connectivity index (χ1v) is 6.65. The highest BCUT2D eigenvalue weighted by Gasteiger charge is 2.39. The zero-order valence-electron chi connectivity index (χ0n) is 11.1. The highest BCUT2D eigenvalue weighted by atomic mass is 35.5. The Kier molecular flexibility index (Phi) is 4.34. The Morgan fingerprint density at radius 1 is 1.26 bits per heavy atom. The number of piperidine rings is 1. The van der Waals surface area contributed by atoms with Gasteiger partial charge in [-0.05, 0) is 50.9 Å². The third kappa shape index (κ3) is 2.86. The van der Waals surface area contributed by atoms with Crippen molar-refractivity contribution in [2.24, 2.45) is 0 Å². The van der Waals surface area contributed by atoms with E-state index < -0.39 is 0 Å². The molecule has 1 unspecified atom stereocenters. The standard InChI is InChI=1S/C15H18N2O.ClH/c1-17-12-5-6-13(17)9-15(8-12)18-14-4-2-3-11(7-14)10-16;/h2-4,7,12-13,15H,5-6,8-9H2,1H3;1H/t12-,13+,15?;. The van der Waals surface area contributed by atoms with Crippen LogP contribution < -0.4 is 4.74 Å². The maximum Gasteiger partial charge on any atom is 0.121 e. The topological polar surface area (TPSA) is 36.3 Å². The van der Waals surface area contributed by atoms with Crippen LogP contribution in [0.2, 0.25) is 0 Å². The van der Waals surface area contributed by atoms with Crippen LogP contribution in [0.4, 0.5) is 0 Å². The molecular formula is C15H19ClN2O. The van der Waals surface area contributed by atoms with E-state index in [-0.39, 0.29) is 12.4 Å². The van der Waals surface area contributed by atoms with E-state index in [2.05, 4.69) is 18.0 Å². The Labute approximate surface area is 120 Å². The number of fused-ring (bicyclic) bond motifs is 2. The molecule has 0 radical (unpaired) electrons. The maximum absolute atomic E-state index is 8.88. The molecule has 2 bridgehead atoms. The summed E-state index contributed by atoms with van der Waals surface area (Å²) in [5, 5.41) is 8.88. The summed E-state index contributed by atoms with van der Waals surface area (Å²) in [6.45, 7) is 0. The molecular weight excluding hydrogens is 260 g/mol. The van der Waals surface area contributed by atoms with E-state index in [1.165, 1.54) is 12.8 Å². The van der Waals surface area contributed by atoms with Crippen LogP contribution in [0, 0.1) is 11.3 Å². The summed E-state index contributed by atoms with van der Waals surface area (Å²) in [5.41, 5.74) is 0.670. The van der Waals surface area contributed by atoms with Crippen LogP contribution >= 0.6 is 12.4 Å². The van der Waals surface area contributed by atoms with Gasteiger partial charge in [-0.2, -0.15) is 5.26 Å². The zero-order valence-corrected chi connectivity index (χ0v) is 11.9. The van der Waals surface area contributed by atoms with Crippen molar-refractivity contribution in [2.45, 2.75) is 43.9 Å². The number of ether oxygens (including phenoxy) is 1. The molecule has 2 fully saturated rings. The molecule has 2 saturated heterocycles. The minimum absolute atomic E-state index is 0. The Bertz CT molecular complexity index is 471. The van der Waals surface area contributed by atoms with Crippen molar-refractivity contribution >= 4 is 12.4 Å². The molecule has 0 N–H and O–H groups in total. The average Bonchev–Trinajstić information content (AvgIpc) is 2.62. The lowest BCUT2D eigenvalue weighted by atomic mass is 10.0. The minimum Gasteiger partial charge on any atom is -0.490 e. The first-order valence-electron chi connectivity index (χ1n) is 6.65. The molecule has 0 aliphatic carbocycles. The van der Waals surface area contributed by atoms with Gasteiger partial charge in [0.15, 0.2) is 0 Å². The van der Waals surface area contributed by atoms with Crippen molar-refractivity contribution in [3.63, 3.8) is 0 Å². The monoisotopic (exact) mass is 278 g/mol. The highest BCUT2D eigenvalue weighted by Crippen LogP contribution is 2.35. The van der Waals surface area contributed by atoms with Gasteiger partial charge in [0.1, 0.15) is 11.9 Å². The fraction of sp³-hybridized carbons (Fsp3) is 0.533. The fourth-order valence-electron chi connectivity index (χ4n) is 3.29. The second kappa shape index (κ2) is 5.81. The van der Waals surface area contributed by atoms with Gasteiger partial charge in [0.25, 0.3) is 0 Å². The predicted octanol–water partition coefficient (Wildman–Crippen LogP) is 2.98. The van der Waals surface area contributed by atoms with E-state index in [9.17, 15) is 0 Å². The largest absolute Gasteiger partial charge is 0.490 e. The molecule has 0 aromatic heterocycles. The second-order valence-corrected chi connectivity index (χ2v) is 5.40. The quantitative estimate of drug-likeness (QED) is 0.834. The molecule has 2 aliphatic heterocycles. The van der Waals surface area contributed by atoms with Gasteiger partial charge >= 0.3 is 0 Å². The van der Waals surface area contributed by atoms with Crippen LogP contribution in [0.25, 0.3) is 0 Å². The van der Waals surface area contributed by atoms with Crippen molar-refractivity contribution < 1.29 is 4.74 Å². The highest BCUT2D eigenvalue weighted by molar-refractivity contribution is 5.85. The molecule has 3 nitrogen and oxygen atoms in total. The van der Waals surface area contributed by atoms with E-state index >= 15 is 0 Å². The second-order valence-electron chi connectivity index (χ2n) is 5.40. The molecule has 0 saturated carbocycles. The number of rotatable bonds is 2. The molecule has 1 aromatic carbocycles. The summed E-state index contributed by atoms with van der Waals surface area (Å²) in [5.74, 6) is 0.836. The van der Waals surface area contributed by atoms with Gasteiger partial charge < -0.3 is 9.64 Å². The van der Waals surface area contributed by atoms with Crippen LogP contribution in [0.15, 0.2) is 24.3 Å². The van der Waals surface area contributed by atoms with E-state index in [1.807, 2.05) is 24.3 Å². The SMILES string of the molecule is CN1[C@@H]2CC[C@H]1CC(Oc1cccc(C#N)c1)C2.Cl. The lowest BCUT2D eigenvalue weighted by Gasteiger charge is -2.36. The molecule has 3 rings (SSSR count). The molecule has 0 spiro atoms. The van der Waals surface area contributed by atoms with Crippen LogP contribution in [-0.4, -0.2) is 30.1 Å². The molecule has 2 aliphatic rings. The third-order valence-electron chi connectivity index (χ3n) is 4.32. The summed E-state index contributed by atoms with van der Waals surface area (Å²) in [4.78, 5) is 2.51. The van der Waals surface area contributed by atoms with Crippen molar-refractivity contribution in [1.82, 2.24) is 4.90 Å². The number of benzene rings is 1. The van der Waals surface area contributed by atoms with Gasteiger partial charge in [-0.15, -0.1) is 12.4 Å². The minimum atomic E-state index is 0. The maximum atomic E-state index is 8.88. The van der Waals surface area contributed by atoms with Crippen molar-refractivity contribution in [2.75, 3.05) is 7.05 Å². The Morgan fingerprint density at radius 2 is 1.95 bits per heavy atom. The van der Waals surface area contributed by atoms with Crippen molar-refractivity contribution in [3.05, 3.63) is 29.8 Å². The molecule has 19 heavy (non-hydrogen) atoms. The zero-order chi connectivity index (χ0) is 12.5. The molecule has 4 heteroatoms. The van der Waals surface area contributed by atoms with Crippen LogP contribution in [-0.2, 0) is 0 Å². The lowest BCUT2D eigenvalue weighted by molar-refractivity contribution is 0.0661. The van der Waals surface area contributed by atoms with Gasteiger partial charge in [0.05, 0.1) is 11.6 Å². The van der Waals surface area contributed by atoms with Gasteiger partial charge in [0.2, 0.25) is 0 Å². The first kappa shape index (κ1) is 14.2. The normalized spacial score (nSPS) is 29.4. The molecule has 3 atom stereocenters. The number of hydrogen-bond acceptors (Lipinski definition) is 3. The fourth-order valence-corrected chi connectivity index (χ4v) is 3.29. The average molecular weight is 279 g/mol. The van der Waals surface area contributed by atoms with Crippen LogP contribution in [0.5, 0.6) is 5.75 Å². The Morgan fingerprint density at radius 3 is 2.58 bits per heavy atom. The van der Waals surface area contributed by atoms with E-state index in [0.29, 0.717) is 23.8 Å². The summed E-state index contributed by atoms with van der Waals surface area (Å²) in [7, 11) is 2.23. The molecule has 2 heterocycles. The number of nitriles is 1. The van der Waals surface area contributed by atoms with E-state index in [1.54, 1.807) is 0 Å². The van der Waals surface area contributed by atoms with Gasteiger partial charge in [-0.25, -0.2) is 0 Å². The number of hydrogen-bond donors (Lipinski definition) is 0. The van der Waals surface area contributed by atoms with Crippen LogP contribution in [0.3, 0.4) is 0 Å². The predicted molar refractivity (Wildman–Crippen MR) is 76.6 cm³/mol. The van der Waals surface area contributed by atoms with Crippen molar-refractivity contribution in [1.29, 1.82) is 5.26 Å². The Balaban J connectivity index is 0.00000133. The molecule has 102 valence electrons. The van der Waals surface area contributed by atoms with E-state index in [0.717, 1.165) is 18.6 Å². The summed E-state index contributed by atoms with van der Waals surface area (Å²) >= 11 is 0. The van der Waals surface area contributed by atoms with Gasteiger partial charge in [-0.1, -0.05) is 6.07 Å². The van der Waals surface area contributed by atoms with Gasteiger partial charge in [-0.3, -0.25) is 0 Å². The van der Waals surface area contributed by atoms with Crippen molar-refractivity contribution in [3.8, 4) is 11.8 Å². The Hall–Kier alpha value is -1.24. The summed E-state index contributed by atoms with van der Waals surface area (Å²) in [6.07, 6.45) is 5.15. The summed E-state index contributed by atoms with van der Waals surface area (Å²) < 4.78 is 6.05. The number of nitrogens with zero attached hydrogens (tertiary/aromatic N) is 2. The third-order valence-corrected chi connectivity index (χ3v) is 4.32. The van der Waals surface area contributed by atoms with Gasteiger partial charge in [0, 0.05) is 12.1 Å². The first-order chi connectivity index (χ1) is 8.76. The summed E-state index contributed by atoms with van der Waals surface area (Å²) in [6, 6.07) is 11.0. The lowest BCUT2D eigenvalue weighted by Crippen LogP contribution is -2.43. The number of halogens is 1. The smallest absolute Gasteiger partial charge is 0.121 e. The van der Waals surface area contributed by atoms with Crippen LogP contribution in [0.1, 0.15) is 31.2 Å². The molecule has 1 aromatic rings. The molecule has 0 amide bonds. The van der Waals surface area contributed by atoms with E-state index in [4.69, 9.17) is 10.00 Å².